The van der Waals surface area contributed by atoms with Crippen LogP contribution >= 0.6 is 0 Å². The molecule has 0 saturated carbocycles. The van der Waals surface area contributed by atoms with Crippen LogP contribution in [0.4, 0.5) is 0 Å². The van der Waals surface area contributed by atoms with Crippen molar-refractivity contribution in [3.05, 3.63) is 51.9 Å². The second-order valence-electron chi connectivity index (χ2n) is 3.38. The van der Waals surface area contributed by atoms with E-state index in [1.54, 1.807) is 10.9 Å². The van der Waals surface area contributed by atoms with Crippen LogP contribution in [0.15, 0.2) is 35.3 Å². The average Bonchev–Trinajstić information content (AvgIpc) is 2.52. The van der Waals surface area contributed by atoms with Gasteiger partial charge in [0.05, 0.1) is 5.69 Å². The van der Waals surface area contributed by atoms with E-state index in [1.165, 1.54) is 6.07 Å². The number of aromatic nitrogens is 2. The standard InChI is InChI=1S/C11H12N2O/c1-8-4-3-5-9(2)11(8)13-10(14)6-7-12-13/h3-7,12H,1-2H3. The number of hydrogen-bond acceptors (Lipinski definition) is 1. The fraction of sp³-hybridized carbons (Fsp3) is 0.182. The van der Waals surface area contributed by atoms with Crippen molar-refractivity contribution in [2.45, 2.75) is 13.8 Å². The van der Waals surface area contributed by atoms with E-state index in [0.717, 1.165) is 16.8 Å². The van der Waals surface area contributed by atoms with Crippen molar-refractivity contribution in [1.29, 1.82) is 0 Å². The lowest BCUT2D eigenvalue weighted by Crippen LogP contribution is -2.15. The summed E-state index contributed by atoms with van der Waals surface area (Å²) >= 11 is 0. The van der Waals surface area contributed by atoms with Crippen LogP contribution in [-0.2, 0) is 0 Å². The van der Waals surface area contributed by atoms with Crippen molar-refractivity contribution >= 4 is 0 Å². The maximum atomic E-state index is 11.5. The van der Waals surface area contributed by atoms with Crippen molar-refractivity contribution < 1.29 is 0 Å². The summed E-state index contributed by atoms with van der Waals surface area (Å²) in [5.74, 6) is 0. The second-order valence-corrected chi connectivity index (χ2v) is 3.38. The van der Waals surface area contributed by atoms with Crippen molar-refractivity contribution in [3.63, 3.8) is 0 Å². The molecular formula is C11H12N2O. The van der Waals surface area contributed by atoms with Crippen LogP contribution in [0.5, 0.6) is 0 Å². The summed E-state index contributed by atoms with van der Waals surface area (Å²) in [6.45, 7) is 3.99. The first-order chi connectivity index (χ1) is 6.70. The van der Waals surface area contributed by atoms with Crippen molar-refractivity contribution in [2.75, 3.05) is 0 Å². The van der Waals surface area contributed by atoms with Gasteiger partial charge in [-0.25, -0.2) is 4.68 Å². The third-order valence-electron chi connectivity index (χ3n) is 2.31. The Labute approximate surface area is 82.0 Å². The minimum atomic E-state index is -0.0256. The monoisotopic (exact) mass is 188 g/mol. The minimum Gasteiger partial charge on any atom is -0.298 e. The Morgan fingerprint density at radius 3 is 2.29 bits per heavy atom. The SMILES string of the molecule is Cc1cccc(C)c1-n1[nH]ccc1=O. The number of nitrogens with one attached hydrogen (secondary N) is 1. The van der Waals surface area contributed by atoms with Crippen molar-refractivity contribution in [3.8, 4) is 5.69 Å². The van der Waals surface area contributed by atoms with E-state index in [4.69, 9.17) is 0 Å². The van der Waals surface area contributed by atoms with E-state index in [2.05, 4.69) is 5.10 Å². The topological polar surface area (TPSA) is 37.8 Å². The normalized spacial score (nSPS) is 10.4. The Kier molecular flexibility index (Phi) is 2.00. The van der Waals surface area contributed by atoms with Gasteiger partial charge >= 0.3 is 0 Å². The van der Waals surface area contributed by atoms with Crippen LogP contribution in [0.2, 0.25) is 0 Å². The third kappa shape index (κ3) is 1.27. The number of nitrogens with zero attached hydrogens (tertiary/aromatic N) is 1. The molecule has 0 aliphatic carbocycles. The maximum Gasteiger partial charge on any atom is 0.271 e. The molecule has 3 heteroatoms. The summed E-state index contributed by atoms with van der Waals surface area (Å²) in [4.78, 5) is 11.5. The highest BCUT2D eigenvalue weighted by Crippen LogP contribution is 2.15. The van der Waals surface area contributed by atoms with E-state index in [0.29, 0.717) is 0 Å². The van der Waals surface area contributed by atoms with Crippen LogP contribution in [0.3, 0.4) is 0 Å². The molecule has 1 aromatic heterocycles. The van der Waals surface area contributed by atoms with Crippen molar-refractivity contribution in [1.82, 2.24) is 9.78 Å². The van der Waals surface area contributed by atoms with Crippen LogP contribution in [0, 0.1) is 13.8 Å². The Hall–Kier alpha value is -1.77. The molecule has 0 unspecified atom stereocenters. The lowest BCUT2D eigenvalue weighted by atomic mass is 10.1. The van der Waals surface area contributed by atoms with Gasteiger partial charge in [-0.3, -0.25) is 9.89 Å². The van der Waals surface area contributed by atoms with Crippen molar-refractivity contribution in [2.24, 2.45) is 0 Å². The summed E-state index contributed by atoms with van der Waals surface area (Å²) in [6.07, 6.45) is 1.65. The zero-order valence-corrected chi connectivity index (χ0v) is 8.24. The van der Waals surface area contributed by atoms with Gasteiger partial charge in [0, 0.05) is 12.3 Å². The molecule has 0 bridgehead atoms. The Morgan fingerprint density at radius 2 is 1.79 bits per heavy atom. The number of benzene rings is 1. The molecule has 0 radical (unpaired) electrons. The van der Waals surface area contributed by atoms with E-state index >= 15 is 0 Å². The highest BCUT2D eigenvalue weighted by atomic mass is 16.1. The van der Waals surface area contributed by atoms with E-state index in [9.17, 15) is 4.79 Å². The Bertz CT molecular complexity index is 488. The van der Waals surface area contributed by atoms with Gasteiger partial charge in [-0.05, 0) is 25.0 Å². The zero-order valence-electron chi connectivity index (χ0n) is 8.24. The van der Waals surface area contributed by atoms with Gasteiger partial charge in [-0.1, -0.05) is 18.2 Å². The lowest BCUT2D eigenvalue weighted by Gasteiger charge is -2.08. The lowest BCUT2D eigenvalue weighted by molar-refractivity contribution is 0.835. The molecular weight excluding hydrogens is 176 g/mol. The fourth-order valence-corrected chi connectivity index (χ4v) is 1.65. The molecule has 3 nitrogen and oxygen atoms in total. The number of H-pyrrole nitrogens is 1. The largest absolute Gasteiger partial charge is 0.298 e. The molecule has 1 N–H and O–H groups in total. The number of rotatable bonds is 1. The summed E-state index contributed by atoms with van der Waals surface area (Å²) in [6, 6.07) is 7.50. The molecule has 0 atom stereocenters. The van der Waals surface area contributed by atoms with E-state index in [1.807, 2.05) is 32.0 Å². The van der Waals surface area contributed by atoms with Gasteiger partial charge in [0.2, 0.25) is 0 Å². The zero-order chi connectivity index (χ0) is 10.1. The highest BCUT2D eigenvalue weighted by molar-refractivity contribution is 5.46. The highest BCUT2D eigenvalue weighted by Gasteiger charge is 2.05. The quantitative estimate of drug-likeness (QED) is 0.727. The summed E-state index contributed by atoms with van der Waals surface area (Å²) in [5, 5.41) is 2.91. The maximum absolute atomic E-state index is 11.5. The Morgan fingerprint density at radius 1 is 1.14 bits per heavy atom. The van der Waals surface area contributed by atoms with Gasteiger partial charge in [0.1, 0.15) is 0 Å². The molecule has 0 aliphatic rings. The van der Waals surface area contributed by atoms with Crippen LogP contribution in [0.25, 0.3) is 5.69 Å². The number of aryl methyl sites for hydroxylation is 2. The summed E-state index contributed by atoms with van der Waals surface area (Å²) in [5.41, 5.74) is 3.11. The minimum absolute atomic E-state index is 0.0256. The smallest absolute Gasteiger partial charge is 0.271 e. The van der Waals surface area contributed by atoms with Gasteiger partial charge in [-0.2, -0.15) is 0 Å². The Balaban J connectivity index is 2.74. The third-order valence-corrected chi connectivity index (χ3v) is 2.31. The van der Waals surface area contributed by atoms with Crippen LogP contribution in [-0.4, -0.2) is 9.78 Å². The van der Waals surface area contributed by atoms with Gasteiger partial charge in [0.25, 0.3) is 5.56 Å². The molecule has 0 fully saturated rings. The van der Waals surface area contributed by atoms with Gasteiger partial charge < -0.3 is 0 Å². The molecule has 1 heterocycles. The molecule has 0 spiro atoms. The van der Waals surface area contributed by atoms with Crippen LogP contribution < -0.4 is 5.56 Å². The molecule has 0 saturated heterocycles. The predicted molar refractivity (Wildman–Crippen MR) is 55.9 cm³/mol. The van der Waals surface area contributed by atoms with E-state index in [-0.39, 0.29) is 5.56 Å². The second kappa shape index (κ2) is 3.18. The van der Waals surface area contributed by atoms with Crippen LogP contribution in [0.1, 0.15) is 11.1 Å². The number of hydrogen-bond donors (Lipinski definition) is 1. The summed E-state index contributed by atoms with van der Waals surface area (Å²) in [7, 11) is 0. The first-order valence-corrected chi connectivity index (χ1v) is 4.53. The molecule has 1 aromatic carbocycles. The number of para-hydroxylation sites is 1. The van der Waals surface area contributed by atoms with Gasteiger partial charge in [0.15, 0.2) is 0 Å². The van der Waals surface area contributed by atoms with Gasteiger partial charge in [-0.15, -0.1) is 0 Å². The molecule has 14 heavy (non-hydrogen) atoms. The molecule has 0 amide bonds. The fourth-order valence-electron chi connectivity index (χ4n) is 1.65. The first kappa shape index (κ1) is 8.81. The molecule has 72 valence electrons. The molecule has 2 rings (SSSR count). The average molecular weight is 188 g/mol. The predicted octanol–water partition coefficient (Wildman–Crippen LogP) is 1.78. The molecule has 0 aliphatic heterocycles. The first-order valence-electron chi connectivity index (χ1n) is 4.53. The number of aromatic amines is 1. The molecule has 2 aromatic rings. The van der Waals surface area contributed by atoms with E-state index < -0.39 is 0 Å². The summed E-state index contributed by atoms with van der Waals surface area (Å²) < 4.78 is 1.56.